The molecular formula is C87H114O12. The van der Waals surface area contributed by atoms with Crippen LogP contribution >= 0.6 is 0 Å². The van der Waals surface area contributed by atoms with E-state index < -0.39 is 22.9 Å². The fourth-order valence-electron chi connectivity index (χ4n) is 26.0. The third-order valence-corrected chi connectivity index (χ3v) is 33.8. The van der Waals surface area contributed by atoms with Crippen molar-refractivity contribution in [3.63, 3.8) is 0 Å². The largest absolute Gasteiger partial charge is 0.504 e. The van der Waals surface area contributed by atoms with Crippen molar-refractivity contribution in [1.82, 2.24) is 0 Å². The van der Waals surface area contributed by atoms with Crippen molar-refractivity contribution in [3.8, 4) is 0 Å². The number of carboxylic acid groups (broad SMARTS) is 1. The summed E-state index contributed by atoms with van der Waals surface area (Å²) >= 11 is 0. The Morgan fingerprint density at radius 2 is 0.758 bits per heavy atom. The Morgan fingerprint density at radius 1 is 0.434 bits per heavy atom. The summed E-state index contributed by atoms with van der Waals surface area (Å²) in [6.45, 7) is 39.9. The van der Waals surface area contributed by atoms with Gasteiger partial charge in [0.15, 0.2) is 23.1 Å². The summed E-state index contributed by atoms with van der Waals surface area (Å²) in [5.41, 5.74) is 10.4. The van der Waals surface area contributed by atoms with Gasteiger partial charge in [-0.1, -0.05) is 143 Å². The van der Waals surface area contributed by atoms with Gasteiger partial charge in [0.2, 0.25) is 17.3 Å². The highest BCUT2D eigenvalue weighted by Gasteiger charge is 2.72. The van der Waals surface area contributed by atoms with Crippen molar-refractivity contribution in [2.75, 3.05) is 7.11 Å². The highest BCUT2D eigenvalue weighted by Crippen LogP contribution is 2.79. The van der Waals surface area contributed by atoms with Crippen molar-refractivity contribution in [2.45, 2.75) is 253 Å². The van der Waals surface area contributed by atoms with Crippen molar-refractivity contribution in [1.29, 1.82) is 0 Å². The van der Waals surface area contributed by atoms with E-state index in [2.05, 4.69) is 126 Å². The Morgan fingerprint density at radius 3 is 1.11 bits per heavy atom. The second kappa shape index (κ2) is 22.2. The molecule has 19 atom stereocenters. The molecule has 15 aliphatic rings. The van der Waals surface area contributed by atoms with Gasteiger partial charge in [0, 0.05) is 44.3 Å². The Bertz CT molecular complexity index is 4120. The summed E-state index contributed by atoms with van der Waals surface area (Å²) in [5.74, 6) is -1.05. The van der Waals surface area contributed by atoms with Crippen LogP contribution in [0.3, 0.4) is 0 Å². The quantitative estimate of drug-likeness (QED) is 0.163. The predicted octanol–water partition coefficient (Wildman–Crippen LogP) is 18.9. The molecule has 0 spiro atoms. The first-order valence-corrected chi connectivity index (χ1v) is 37.6. The minimum Gasteiger partial charge on any atom is -0.504 e. The Kier molecular flexibility index (Phi) is 16.0. The molecule has 0 aromatic carbocycles. The lowest BCUT2D eigenvalue weighted by molar-refractivity contribution is -0.192. The normalized spacial score (nSPS) is 46.8. The van der Waals surface area contributed by atoms with Crippen molar-refractivity contribution in [2.24, 2.45) is 99.5 Å². The van der Waals surface area contributed by atoms with Crippen molar-refractivity contribution < 1.29 is 59.0 Å². The smallest absolute Gasteiger partial charge is 0.311 e. The number of aliphatic hydroxyl groups is 4. The number of aliphatic hydroxyl groups excluding tert-OH is 4. The van der Waals surface area contributed by atoms with Crippen LogP contribution in [-0.2, 0) is 33.5 Å². The number of hydrogen-bond acceptors (Lipinski definition) is 11. The fourth-order valence-corrected chi connectivity index (χ4v) is 26.0. The molecule has 0 bridgehead atoms. The molecule has 0 amide bonds. The zero-order chi connectivity index (χ0) is 72.5. The van der Waals surface area contributed by atoms with Gasteiger partial charge in [-0.05, 0) is 269 Å². The number of ether oxygens (including phenoxy) is 1. The van der Waals surface area contributed by atoms with E-state index in [1.54, 1.807) is 18.2 Å². The predicted molar refractivity (Wildman–Crippen MR) is 385 cm³/mol. The van der Waals surface area contributed by atoms with Crippen LogP contribution in [0.4, 0.5) is 0 Å². The number of Topliss-reactive ketones (excluding diaryl/α,β-unsaturated/α-hetero) is 1. The number of carbonyl (C=O) groups is 6. The average Bonchev–Trinajstić information content (AvgIpc) is 0.688. The molecular weight excluding hydrogens is 1240 g/mol. The number of esters is 1. The molecule has 0 aliphatic heterocycles. The number of carboxylic acids is 1. The second-order valence-corrected chi connectivity index (χ2v) is 38.2. The molecule has 12 nitrogen and oxygen atoms in total. The number of fused-ring (bicyclic) bond motifs is 21. The maximum Gasteiger partial charge on any atom is 0.311 e. The van der Waals surface area contributed by atoms with Crippen LogP contribution in [0.5, 0.6) is 0 Å². The standard InChI is InChI=1S/C30H40O4.C29H38O4.C28H36O4/c1-18-19-8-9-22-28(4,20(19)16-21(31)24(18)32)13-15-30(6)23-17-27(3,25(33)34-7)11-10-26(23,2)12-14-29(22,30)5;1-17-18-7-8-21-27(4,19(18)15-20(30)23(17)31)12-14-29(6)22-16-26(3,24(32)33)10-9-25(22,2)11-13-28(21,29)5;1-15-13-21-26(4,24(32)22(15)30)10-12-27(5)20-8-7-17-16(2)23(31)19(29)14-18(17)25(20,3)9-11-28(21,27)6/h8-9,16,23,32H,10-15,17H2,1-7H3;7-8,15,22,31H,9-14,16H2,1-6H3,(H,32,33);7-8,14-15,21,24,31-32H,9-13H2,1-6H3/t23-,26-,27-,28+,29-,30+;22-,25-,26-,27+,28-,29+;15-,21-,24-,25+,26-,27-,28+/m111/s1. The van der Waals surface area contributed by atoms with Crippen molar-refractivity contribution >= 4 is 35.1 Å². The summed E-state index contributed by atoms with van der Waals surface area (Å²) in [5, 5.41) is 51.9. The Balaban J connectivity index is 0.000000133. The van der Waals surface area contributed by atoms with E-state index in [0.717, 1.165) is 155 Å². The first-order valence-electron chi connectivity index (χ1n) is 37.6. The van der Waals surface area contributed by atoms with E-state index in [9.17, 15) is 54.3 Å². The topological polar surface area (TPSA) is 213 Å². The first-order chi connectivity index (χ1) is 45.8. The summed E-state index contributed by atoms with van der Waals surface area (Å²) in [6, 6.07) is 0. The van der Waals surface area contributed by atoms with E-state index in [1.807, 2.05) is 34.6 Å². The number of hydrogen-bond donors (Lipinski definition) is 5. The molecule has 0 aromatic heterocycles. The van der Waals surface area contributed by atoms with Crippen LogP contribution in [0, 0.1) is 99.5 Å². The van der Waals surface area contributed by atoms with E-state index in [4.69, 9.17) is 4.74 Å². The third kappa shape index (κ3) is 9.21. The molecule has 9 fully saturated rings. The summed E-state index contributed by atoms with van der Waals surface area (Å²) in [4.78, 5) is 75.5. The molecule has 0 radical (unpaired) electrons. The zero-order valence-corrected chi connectivity index (χ0v) is 63.1. The van der Waals surface area contributed by atoms with Crippen molar-refractivity contribution in [3.05, 3.63) is 139 Å². The summed E-state index contributed by atoms with van der Waals surface area (Å²) in [7, 11) is 1.52. The number of methoxy groups -OCH3 is 1. The lowest BCUT2D eigenvalue weighted by Gasteiger charge is -2.70. The molecule has 15 aliphatic carbocycles. The highest BCUT2D eigenvalue weighted by atomic mass is 16.5. The minimum atomic E-state index is -0.882. The van der Waals surface area contributed by atoms with Gasteiger partial charge in [0.25, 0.3) is 0 Å². The second-order valence-electron chi connectivity index (χ2n) is 38.2. The van der Waals surface area contributed by atoms with Crippen LogP contribution < -0.4 is 0 Å². The molecule has 9 saturated carbocycles. The van der Waals surface area contributed by atoms with Gasteiger partial charge >= 0.3 is 11.9 Å². The van der Waals surface area contributed by atoms with Crippen LogP contribution in [0.1, 0.15) is 247 Å². The molecule has 0 unspecified atom stereocenters. The molecule has 0 heterocycles. The maximum atomic E-state index is 12.8. The molecule has 534 valence electrons. The van der Waals surface area contributed by atoms with E-state index in [1.165, 1.54) is 23.8 Å². The van der Waals surface area contributed by atoms with Crippen LogP contribution in [0.15, 0.2) is 139 Å². The van der Waals surface area contributed by atoms with Gasteiger partial charge < -0.3 is 30.3 Å². The van der Waals surface area contributed by atoms with Gasteiger partial charge in [0.05, 0.1) is 17.9 Å². The Labute approximate surface area is 589 Å². The number of rotatable bonds is 2. The van der Waals surface area contributed by atoms with Crippen LogP contribution in [-0.4, -0.2) is 73.8 Å². The summed E-state index contributed by atoms with van der Waals surface area (Å²) < 4.78 is 5.27. The number of allylic oxidation sites excluding steroid dienone is 21. The highest BCUT2D eigenvalue weighted by molar-refractivity contribution is 6.08. The van der Waals surface area contributed by atoms with E-state index >= 15 is 0 Å². The summed E-state index contributed by atoms with van der Waals surface area (Å²) in [6.07, 6.45) is 35.6. The maximum absolute atomic E-state index is 12.8. The molecule has 12 heteroatoms. The molecule has 0 saturated heterocycles. The fraction of sp³-hybridized carbons (Fsp3) is 0.655. The molecule has 0 aromatic rings. The lowest BCUT2D eigenvalue weighted by Crippen LogP contribution is -2.65. The van der Waals surface area contributed by atoms with Gasteiger partial charge in [-0.15, -0.1) is 0 Å². The van der Waals surface area contributed by atoms with Gasteiger partial charge in [-0.2, -0.15) is 0 Å². The van der Waals surface area contributed by atoms with Gasteiger partial charge in [-0.3, -0.25) is 28.8 Å². The molecule has 5 N–H and O–H groups in total. The van der Waals surface area contributed by atoms with Crippen LogP contribution in [0.2, 0.25) is 0 Å². The first kappa shape index (κ1) is 71.3. The Hall–Kier alpha value is -6.14. The average molecular weight is 1350 g/mol. The minimum absolute atomic E-state index is 0.0000746. The van der Waals surface area contributed by atoms with Gasteiger partial charge in [0.1, 0.15) is 6.10 Å². The van der Waals surface area contributed by atoms with E-state index in [0.29, 0.717) is 28.6 Å². The monoisotopic (exact) mass is 1350 g/mol. The number of ketones is 4. The lowest BCUT2D eigenvalue weighted by atomic mass is 9.34. The van der Waals surface area contributed by atoms with Crippen LogP contribution in [0.25, 0.3) is 0 Å². The molecule has 15 rings (SSSR count). The number of carbonyl (C=O) groups excluding carboxylic acids is 5. The zero-order valence-electron chi connectivity index (χ0n) is 63.1. The SMILES string of the molecule is CC1=C(O)C(=O)C=C2C1=CC=C1[C@@]2(C)CC[C@@]2(C)[C@@H]3C[C@@H](C)C(=O)[C@@H](O)[C@]3(C)CC[C@]12C.CC1=C(O)C(=O)C=C2C1=CC=C1[C@@]2(C)CC[C@@]2(C)[C@@H]3C[C@](C)(C(=O)O)CC[C@]3(C)CC[C@]12C.COC(=O)[C@]1(C)CC[C@]2(C)CC[C@]3(C)C4=CC=C5C(=CC(=O)C(O)=C5C)[C@]4(C)CC[C@@]3(C)[C@@H]2C1. The number of aliphatic carboxylic acids is 1. The van der Waals surface area contributed by atoms with Gasteiger partial charge in [-0.25, -0.2) is 0 Å². The molecule has 99 heavy (non-hydrogen) atoms. The third-order valence-electron chi connectivity index (χ3n) is 33.8. The van der Waals surface area contributed by atoms with E-state index in [-0.39, 0.29) is 123 Å².